The molecule has 0 aliphatic heterocycles. The first kappa shape index (κ1) is 12.7. The highest BCUT2D eigenvalue weighted by Gasteiger charge is 2.17. The monoisotopic (exact) mass is 248 g/mol. The zero-order valence-electron chi connectivity index (χ0n) is 10.7. The molecule has 0 spiro atoms. The van der Waals surface area contributed by atoms with E-state index in [4.69, 9.17) is 0 Å². The van der Waals surface area contributed by atoms with Crippen molar-refractivity contribution in [3.05, 3.63) is 34.9 Å². The third-order valence-electron chi connectivity index (χ3n) is 3.45. The van der Waals surface area contributed by atoms with E-state index in [2.05, 4.69) is 6.07 Å². The Kier molecular flexibility index (Phi) is 4.27. The van der Waals surface area contributed by atoms with Crippen molar-refractivity contribution < 1.29 is 4.79 Å². The Labute approximate surface area is 108 Å². The van der Waals surface area contributed by atoms with Gasteiger partial charge in [-0.2, -0.15) is 11.8 Å². The number of Topliss-reactive ketones (excluding diaryl/α,β-unsaturated/α-hetero) is 1. The van der Waals surface area contributed by atoms with Crippen LogP contribution >= 0.6 is 11.8 Å². The molecule has 2 rings (SSSR count). The molecule has 1 aliphatic carbocycles. The molecule has 1 aromatic carbocycles. The van der Waals surface area contributed by atoms with E-state index in [1.165, 1.54) is 31.2 Å². The van der Waals surface area contributed by atoms with Gasteiger partial charge in [-0.15, -0.1) is 0 Å². The van der Waals surface area contributed by atoms with Gasteiger partial charge >= 0.3 is 0 Å². The molecule has 1 saturated carbocycles. The fraction of sp³-hybridized carbons (Fsp3) is 0.533. The van der Waals surface area contributed by atoms with Crippen LogP contribution in [0.4, 0.5) is 0 Å². The van der Waals surface area contributed by atoms with Gasteiger partial charge in [-0.3, -0.25) is 4.79 Å². The summed E-state index contributed by atoms with van der Waals surface area (Å²) in [6.45, 7) is 4.06. The van der Waals surface area contributed by atoms with Crippen LogP contribution in [0.1, 0.15) is 47.2 Å². The van der Waals surface area contributed by atoms with E-state index in [-0.39, 0.29) is 0 Å². The van der Waals surface area contributed by atoms with Crippen LogP contribution in [0, 0.1) is 13.8 Å². The normalized spacial score (nSPS) is 16.4. The lowest BCUT2D eigenvalue weighted by atomic mass is 10.0. The van der Waals surface area contributed by atoms with Crippen molar-refractivity contribution in [2.24, 2.45) is 0 Å². The summed E-state index contributed by atoms with van der Waals surface area (Å²) < 4.78 is 0. The van der Waals surface area contributed by atoms with Crippen molar-refractivity contribution in [2.45, 2.75) is 44.8 Å². The number of hydrogen-bond donors (Lipinski definition) is 0. The van der Waals surface area contributed by atoms with Crippen LogP contribution < -0.4 is 0 Å². The summed E-state index contributed by atoms with van der Waals surface area (Å²) in [6, 6.07) is 6.13. The van der Waals surface area contributed by atoms with Crippen LogP contribution in [-0.4, -0.2) is 16.8 Å². The van der Waals surface area contributed by atoms with Gasteiger partial charge in [0.05, 0.1) is 5.75 Å². The predicted octanol–water partition coefficient (Wildman–Crippen LogP) is 4.16. The highest BCUT2D eigenvalue weighted by Crippen LogP contribution is 2.30. The van der Waals surface area contributed by atoms with Crippen molar-refractivity contribution in [3.8, 4) is 0 Å². The molecule has 1 nitrogen and oxygen atoms in total. The Bertz CT molecular complexity index is 405. The number of aryl methyl sites for hydroxylation is 2. The smallest absolute Gasteiger partial charge is 0.173 e. The molecule has 0 atom stereocenters. The van der Waals surface area contributed by atoms with Gasteiger partial charge in [-0.05, 0) is 38.3 Å². The second-order valence-electron chi connectivity index (χ2n) is 4.96. The molecule has 92 valence electrons. The second-order valence-corrected chi connectivity index (χ2v) is 6.25. The van der Waals surface area contributed by atoms with Gasteiger partial charge in [0, 0.05) is 10.8 Å². The Morgan fingerprint density at radius 1 is 1.29 bits per heavy atom. The third-order valence-corrected chi connectivity index (χ3v) is 4.82. The number of carbonyl (C=O) groups is 1. The first-order chi connectivity index (χ1) is 8.16. The molecule has 2 heteroatoms. The van der Waals surface area contributed by atoms with Crippen LogP contribution in [0.15, 0.2) is 18.2 Å². The molecule has 0 amide bonds. The minimum absolute atomic E-state index is 0.295. The molecule has 0 aromatic heterocycles. The fourth-order valence-corrected chi connectivity index (χ4v) is 3.57. The topological polar surface area (TPSA) is 17.1 Å². The zero-order chi connectivity index (χ0) is 12.3. The highest BCUT2D eigenvalue weighted by atomic mass is 32.2. The average molecular weight is 248 g/mol. The lowest BCUT2D eigenvalue weighted by Gasteiger charge is -2.09. The molecule has 17 heavy (non-hydrogen) atoms. The molecule has 0 bridgehead atoms. The van der Waals surface area contributed by atoms with Crippen molar-refractivity contribution >= 4 is 17.5 Å². The largest absolute Gasteiger partial charge is 0.293 e. The molecule has 0 unspecified atom stereocenters. The minimum atomic E-state index is 0.295. The van der Waals surface area contributed by atoms with E-state index < -0.39 is 0 Å². The first-order valence-electron chi connectivity index (χ1n) is 6.39. The fourth-order valence-electron chi connectivity index (χ4n) is 2.36. The van der Waals surface area contributed by atoms with E-state index in [0.717, 1.165) is 16.4 Å². The van der Waals surface area contributed by atoms with E-state index in [1.807, 2.05) is 37.7 Å². The summed E-state index contributed by atoms with van der Waals surface area (Å²) in [5, 5.41) is 0.726. The van der Waals surface area contributed by atoms with Gasteiger partial charge < -0.3 is 0 Å². The lowest BCUT2D eigenvalue weighted by molar-refractivity contribution is 0.102. The first-order valence-corrected chi connectivity index (χ1v) is 7.44. The van der Waals surface area contributed by atoms with E-state index in [9.17, 15) is 4.79 Å². The number of carbonyl (C=O) groups excluding carboxylic acids is 1. The van der Waals surface area contributed by atoms with Crippen molar-refractivity contribution in [1.29, 1.82) is 0 Å². The highest BCUT2D eigenvalue weighted by molar-refractivity contribution is 8.00. The summed E-state index contributed by atoms with van der Waals surface area (Å²) >= 11 is 1.85. The molecular weight excluding hydrogens is 228 g/mol. The van der Waals surface area contributed by atoms with Crippen LogP contribution in [0.3, 0.4) is 0 Å². The van der Waals surface area contributed by atoms with Gasteiger partial charge in [0.2, 0.25) is 0 Å². The molecule has 0 radical (unpaired) electrons. The van der Waals surface area contributed by atoms with Crippen molar-refractivity contribution in [3.63, 3.8) is 0 Å². The molecule has 1 fully saturated rings. The van der Waals surface area contributed by atoms with Crippen LogP contribution in [0.5, 0.6) is 0 Å². The minimum Gasteiger partial charge on any atom is -0.293 e. The van der Waals surface area contributed by atoms with Gasteiger partial charge in [0.25, 0.3) is 0 Å². The lowest BCUT2D eigenvalue weighted by Crippen LogP contribution is -2.08. The summed E-state index contributed by atoms with van der Waals surface area (Å²) in [5.41, 5.74) is 3.19. The van der Waals surface area contributed by atoms with Crippen molar-refractivity contribution in [1.82, 2.24) is 0 Å². The van der Waals surface area contributed by atoms with Gasteiger partial charge in [0.15, 0.2) is 5.78 Å². The number of ketones is 1. The van der Waals surface area contributed by atoms with Crippen LogP contribution in [-0.2, 0) is 0 Å². The third kappa shape index (κ3) is 3.35. The van der Waals surface area contributed by atoms with Crippen molar-refractivity contribution in [2.75, 3.05) is 5.75 Å². The summed E-state index contributed by atoms with van der Waals surface area (Å²) in [5.74, 6) is 0.942. The Morgan fingerprint density at radius 2 is 2.00 bits per heavy atom. The van der Waals surface area contributed by atoms with Gasteiger partial charge in [-0.1, -0.05) is 30.5 Å². The zero-order valence-corrected chi connectivity index (χ0v) is 11.5. The van der Waals surface area contributed by atoms with Gasteiger partial charge in [-0.25, -0.2) is 0 Å². The van der Waals surface area contributed by atoms with E-state index in [0.29, 0.717) is 11.5 Å². The SMILES string of the molecule is Cc1ccc(C)c(C(=O)CSC2CCCC2)c1. The van der Waals surface area contributed by atoms with Crippen LogP contribution in [0.25, 0.3) is 0 Å². The summed E-state index contributed by atoms with van der Waals surface area (Å²) in [7, 11) is 0. The maximum atomic E-state index is 12.2. The van der Waals surface area contributed by atoms with E-state index >= 15 is 0 Å². The maximum Gasteiger partial charge on any atom is 0.173 e. The van der Waals surface area contributed by atoms with Gasteiger partial charge in [0.1, 0.15) is 0 Å². The molecular formula is C15H20OS. The molecule has 0 heterocycles. The average Bonchev–Trinajstić information content (AvgIpc) is 2.82. The summed E-state index contributed by atoms with van der Waals surface area (Å²) in [6.07, 6.45) is 5.28. The molecule has 0 N–H and O–H groups in total. The molecule has 1 aliphatic rings. The summed E-state index contributed by atoms with van der Waals surface area (Å²) in [4.78, 5) is 12.2. The Balaban J connectivity index is 1.96. The number of thioether (sulfide) groups is 1. The second kappa shape index (κ2) is 5.72. The van der Waals surface area contributed by atoms with E-state index in [1.54, 1.807) is 0 Å². The molecule has 0 saturated heterocycles. The Morgan fingerprint density at radius 3 is 2.71 bits per heavy atom. The number of hydrogen-bond acceptors (Lipinski definition) is 2. The maximum absolute atomic E-state index is 12.2. The Hall–Kier alpha value is -0.760. The predicted molar refractivity (Wildman–Crippen MR) is 75.0 cm³/mol. The number of rotatable bonds is 4. The molecule has 1 aromatic rings. The van der Waals surface area contributed by atoms with Crippen LogP contribution in [0.2, 0.25) is 0 Å². The number of benzene rings is 1. The standard InChI is InChI=1S/C15H20OS/c1-11-7-8-12(2)14(9-11)15(16)10-17-13-5-3-4-6-13/h7-9,13H,3-6,10H2,1-2H3. The quantitative estimate of drug-likeness (QED) is 0.744.